The zero-order chi connectivity index (χ0) is 11.5. The summed E-state index contributed by atoms with van der Waals surface area (Å²) in [5.41, 5.74) is 6.40. The summed E-state index contributed by atoms with van der Waals surface area (Å²) in [4.78, 5) is 6.92. The van der Waals surface area contributed by atoms with Gasteiger partial charge in [-0.3, -0.25) is 4.90 Å². The number of nitrogens with two attached hydrogens (primary N) is 1. The number of piperidine rings is 1. The van der Waals surface area contributed by atoms with Crippen LogP contribution in [0.5, 0.6) is 0 Å². The third-order valence-corrected chi connectivity index (χ3v) is 3.27. The molecule has 4 nitrogen and oxygen atoms in total. The summed E-state index contributed by atoms with van der Waals surface area (Å²) in [6.45, 7) is 6.05. The molecule has 1 atom stereocenters. The van der Waals surface area contributed by atoms with Crippen LogP contribution in [0.15, 0.2) is 10.7 Å². The molecule has 1 aromatic heterocycles. The Balaban J connectivity index is 2.16. The molecule has 1 aromatic rings. The SMILES string of the molecule is CC(C)N1CCCCC1c1nc(CN)co1. The fourth-order valence-corrected chi connectivity index (χ4v) is 2.41. The lowest BCUT2D eigenvalue weighted by Gasteiger charge is -2.36. The summed E-state index contributed by atoms with van der Waals surface area (Å²) in [5.74, 6) is 0.842. The van der Waals surface area contributed by atoms with Crippen molar-refractivity contribution in [2.45, 2.75) is 51.7 Å². The van der Waals surface area contributed by atoms with Gasteiger partial charge in [0.2, 0.25) is 5.89 Å². The second-order valence-electron chi connectivity index (χ2n) is 4.72. The Kier molecular flexibility index (Phi) is 3.61. The van der Waals surface area contributed by atoms with Crippen LogP contribution < -0.4 is 5.73 Å². The molecule has 1 saturated heterocycles. The Hall–Kier alpha value is -0.870. The first-order valence-electron chi connectivity index (χ1n) is 6.12. The molecule has 1 unspecified atom stereocenters. The monoisotopic (exact) mass is 223 g/mol. The van der Waals surface area contributed by atoms with E-state index in [-0.39, 0.29) is 0 Å². The van der Waals surface area contributed by atoms with Crippen LogP contribution in [0.25, 0.3) is 0 Å². The normalized spacial score (nSPS) is 22.9. The predicted octanol–water partition coefficient (Wildman–Crippen LogP) is 2.07. The standard InChI is InChI=1S/C12H21N3O/c1-9(2)15-6-4-3-5-11(15)12-14-10(7-13)8-16-12/h8-9,11H,3-7,13H2,1-2H3. The second-order valence-corrected chi connectivity index (χ2v) is 4.72. The van der Waals surface area contributed by atoms with Crippen LogP contribution in [0.4, 0.5) is 0 Å². The summed E-state index contributed by atoms with van der Waals surface area (Å²) in [7, 11) is 0. The van der Waals surface area contributed by atoms with Crippen molar-refractivity contribution < 1.29 is 4.42 Å². The zero-order valence-electron chi connectivity index (χ0n) is 10.1. The Labute approximate surface area is 96.8 Å². The fourth-order valence-electron chi connectivity index (χ4n) is 2.41. The molecule has 0 amide bonds. The molecule has 2 rings (SSSR count). The lowest BCUT2D eigenvalue weighted by molar-refractivity contribution is 0.0924. The van der Waals surface area contributed by atoms with Crippen LogP contribution in [0.1, 0.15) is 50.7 Å². The smallest absolute Gasteiger partial charge is 0.211 e. The Morgan fingerprint density at radius 1 is 1.56 bits per heavy atom. The van der Waals surface area contributed by atoms with Gasteiger partial charge in [-0.1, -0.05) is 6.42 Å². The highest BCUT2D eigenvalue weighted by Crippen LogP contribution is 2.31. The topological polar surface area (TPSA) is 55.3 Å². The van der Waals surface area contributed by atoms with E-state index in [0.717, 1.165) is 24.6 Å². The van der Waals surface area contributed by atoms with E-state index < -0.39 is 0 Å². The molecule has 1 fully saturated rings. The number of likely N-dealkylation sites (tertiary alicyclic amines) is 1. The molecule has 2 heterocycles. The first kappa shape index (κ1) is 11.6. The van der Waals surface area contributed by atoms with Gasteiger partial charge in [0, 0.05) is 12.6 Å². The van der Waals surface area contributed by atoms with Gasteiger partial charge in [-0.2, -0.15) is 0 Å². The lowest BCUT2D eigenvalue weighted by atomic mass is 10.0. The van der Waals surface area contributed by atoms with Crippen molar-refractivity contribution in [2.24, 2.45) is 5.73 Å². The van der Waals surface area contributed by atoms with Gasteiger partial charge in [-0.25, -0.2) is 4.98 Å². The highest BCUT2D eigenvalue weighted by Gasteiger charge is 2.29. The maximum absolute atomic E-state index is 5.55. The summed E-state index contributed by atoms with van der Waals surface area (Å²) >= 11 is 0. The molecule has 0 spiro atoms. The van der Waals surface area contributed by atoms with Crippen molar-refractivity contribution >= 4 is 0 Å². The van der Waals surface area contributed by atoms with Crippen molar-refractivity contribution in [1.82, 2.24) is 9.88 Å². The first-order valence-corrected chi connectivity index (χ1v) is 6.12. The predicted molar refractivity (Wildman–Crippen MR) is 62.8 cm³/mol. The minimum Gasteiger partial charge on any atom is -0.447 e. The lowest BCUT2D eigenvalue weighted by Crippen LogP contribution is -2.38. The van der Waals surface area contributed by atoms with E-state index in [1.165, 1.54) is 12.8 Å². The molecule has 0 bridgehead atoms. The van der Waals surface area contributed by atoms with E-state index in [1.54, 1.807) is 6.26 Å². The third kappa shape index (κ3) is 2.28. The molecule has 0 radical (unpaired) electrons. The number of hydrogen-bond acceptors (Lipinski definition) is 4. The van der Waals surface area contributed by atoms with Gasteiger partial charge in [0.05, 0.1) is 11.7 Å². The van der Waals surface area contributed by atoms with Crippen molar-refractivity contribution in [2.75, 3.05) is 6.54 Å². The summed E-state index contributed by atoms with van der Waals surface area (Å²) < 4.78 is 5.54. The van der Waals surface area contributed by atoms with E-state index in [4.69, 9.17) is 10.2 Å². The highest BCUT2D eigenvalue weighted by atomic mass is 16.3. The maximum atomic E-state index is 5.55. The van der Waals surface area contributed by atoms with Crippen molar-refractivity contribution in [3.05, 3.63) is 17.8 Å². The first-order chi connectivity index (χ1) is 7.72. The molecule has 4 heteroatoms. The van der Waals surface area contributed by atoms with E-state index in [2.05, 4.69) is 23.7 Å². The highest BCUT2D eigenvalue weighted by molar-refractivity contribution is 5.01. The quantitative estimate of drug-likeness (QED) is 0.852. The average Bonchev–Trinajstić information content (AvgIpc) is 2.77. The molecule has 2 N–H and O–H groups in total. The van der Waals surface area contributed by atoms with Crippen LogP contribution in [0.2, 0.25) is 0 Å². The molecule has 0 saturated carbocycles. The number of oxazole rings is 1. The summed E-state index contributed by atoms with van der Waals surface area (Å²) in [6, 6.07) is 0.882. The van der Waals surface area contributed by atoms with Crippen molar-refractivity contribution in [1.29, 1.82) is 0 Å². The van der Waals surface area contributed by atoms with Crippen LogP contribution in [-0.4, -0.2) is 22.5 Å². The van der Waals surface area contributed by atoms with E-state index in [0.29, 0.717) is 18.6 Å². The fraction of sp³-hybridized carbons (Fsp3) is 0.750. The molecule has 0 aromatic carbocycles. The molecular weight excluding hydrogens is 202 g/mol. The van der Waals surface area contributed by atoms with Gasteiger partial charge in [0.1, 0.15) is 6.26 Å². The van der Waals surface area contributed by atoms with E-state index >= 15 is 0 Å². The summed E-state index contributed by atoms with van der Waals surface area (Å²) in [6.07, 6.45) is 5.36. The van der Waals surface area contributed by atoms with Gasteiger partial charge in [0.25, 0.3) is 0 Å². The number of nitrogens with zero attached hydrogens (tertiary/aromatic N) is 2. The minimum absolute atomic E-state index is 0.342. The van der Waals surface area contributed by atoms with Crippen molar-refractivity contribution in [3.63, 3.8) is 0 Å². The molecule has 90 valence electrons. The molecular formula is C12H21N3O. The van der Waals surface area contributed by atoms with Crippen LogP contribution in [0, 0.1) is 0 Å². The van der Waals surface area contributed by atoms with Crippen LogP contribution in [-0.2, 0) is 6.54 Å². The summed E-state index contributed by atoms with van der Waals surface area (Å²) in [5, 5.41) is 0. The number of rotatable bonds is 3. The Bertz CT molecular complexity index is 335. The molecule has 0 aliphatic carbocycles. The van der Waals surface area contributed by atoms with Gasteiger partial charge in [-0.05, 0) is 33.2 Å². The molecule has 1 aliphatic heterocycles. The number of aromatic nitrogens is 1. The van der Waals surface area contributed by atoms with Gasteiger partial charge in [0.15, 0.2) is 0 Å². The van der Waals surface area contributed by atoms with E-state index in [1.807, 2.05) is 0 Å². The van der Waals surface area contributed by atoms with Gasteiger partial charge in [-0.15, -0.1) is 0 Å². The third-order valence-electron chi connectivity index (χ3n) is 3.27. The zero-order valence-corrected chi connectivity index (χ0v) is 10.1. The maximum Gasteiger partial charge on any atom is 0.211 e. The van der Waals surface area contributed by atoms with Crippen LogP contribution >= 0.6 is 0 Å². The Morgan fingerprint density at radius 3 is 3.00 bits per heavy atom. The molecule has 16 heavy (non-hydrogen) atoms. The van der Waals surface area contributed by atoms with Crippen LogP contribution in [0.3, 0.4) is 0 Å². The van der Waals surface area contributed by atoms with E-state index in [9.17, 15) is 0 Å². The average molecular weight is 223 g/mol. The second kappa shape index (κ2) is 4.97. The van der Waals surface area contributed by atoms with Gasteiger partial charge >= 0.3 is 0 Å². The largest absolute Gasteiger partial charge is 0.447 e. The molecule has 1 aliphatic rings. The van der Waals surface area contributed by atoms with Gasteiger partial charge < -0.3 is 10.2 Å². The minimum atomic E-state index is 0.342. The Morgan fingerprint density at radius 2 is 2.38 bits per heavy atom. The number of hydrogen-bond donors (Lipinski definition) is 1. The van der Waals surface area contributed by atoms with Crippen molar-refractivity contribution in [3.8, 4) is 0 Å².